The van der Waals surface area contributed by atoms with E-state index in [1.54, 1.807) is 7.11 Å². The Morgan fingerprint density at radius 3 is 2.67 bits per heavy atom. The molecule has 78 valence electrons. The van der Waals surface area contributed by atoms with E-state index >= 15 is 0 Å². The van der Waals surface area contributed by atoms with Gasteiger partial charge in [-0.15, -0.1) is 0 Å². The van der Waals surface area contributed by atoms with Gasteiger partial charge in [0.25, 0.3) is 0 Å². The summed E-state index contributed by atoms with van der Waals surface area (Å²) < 4.78 is 8.50. The number of halogens is 1. The van der Waals surface area contributed by atoms with Crippen molar-refractivity contribution in [2.45, 2.75) is 6.54 Å². The Balaban J connectivity index is 2.30. The lowest BCUT2D eigenvalue weighted by molar-refractivity contribution is 0.408. The average molecular weight is 266 g/mol. The monoisotopic (exact) mass is 265 g/mol. The Morgan fingerprint density at radius 1 is 1.27 bits per heavy atom. The maximum Gasteiger partial charge on any atom is 0.123 e. The third kappa shape index (κ3) is 2.42. The Morgan fingerprint density at radius 2 is 2.00 bits per heavy atom. The molecular formula is C12H12BrNO. The lowest BCUT2D eigenvalue weighted by atomic mass is 10.2. The van der Waals surface area contributed by atoms with Crippen LogP contribution < -0.4 is 4.74 Å². The molecule has 0 spiro atoms. The molecule has 0 bridgehead atoms. The highest BCUT2D eigenvalue weighted by Crippen LogP contribution is 2.23. The zero-order valence-corrected chi connectivity index (χ0v) is 10.1. The van der Waals surface area contributed by atoms with Gasteiger partial charge in [0.15, 0.2) is 0 Å². The number of methoxy groups -OCH3 is 1. The van der Waals surface area contributed by atoms with Gasteiger partial charge in [-0.1, -0.05) is 15.9 Å². The van der Waals surface area contributed by atoms with Gasteiger partial charge in [-0.25, -0.2) is 0 Å². The molecule has 2 aromatic rings. The average Bonchev–Trinajstić information content (AvgIpc) is 2.71. The van der Waals surface area contributed by atoms with E-state index in [-0.39, 0.29) is 0 Å². The first-order chi connectivity index (χ1) is 7.29. The molecule has 0 aliphatic heterocycles. The van der Waals surface area contributed by atoms with Crippen LogP contribution in [0.1, 0.15) is 5.56 Å². The predicted octanol–water partition coefficient (Wildman–Crippen LogP) is 3.31. The van der Waals surface area contributed by atoms with E-state index in [0.29, 0.717) is 0 Å². The van der Waals surface area contributed by atoms with Crippen molar-refractivity contribution in [3.63, 3.8) is 0 Å². The third-order valence-corrected chi connectivity index (χ3v) is 2.75. The summed E-state index contributed by atoms with van der Waals surface area (Å²) in [7, 11) is 1.70. The van der Waals surface area contributed by atoms with Gasteiger partial charge in [-0.2, -0.15) is 0 Å². The van der Waals surface area contributed by atoms with Crippen molar-refractivity contribution in [2.24, 2.45) is 0 Å². The van der Waals surface area contributed by atoms with Gasteiger partial charge in [0.1, 0.15) is 5.75 Å². The summed E-state index contributed by atoms with van der Waals surface area (Å²) in [6.45, 7) is 0.829. The number of rotatable bonds is 3. The van der Waals surface area contributed by atoms with Crippen LogP contribution in [0.3, 0.4) is 0 Å². The third-order valence-electron chi connectivity index (χ3n) is 2.26. The summed E-state index contributed by atoms with van der Waals surface area (Å²) in [5, 5.41) is 0. The van der Waals surface area contributed by atoms with Crippen molar-refractivity contribution < 1.29 is 4.74 Å². The molecule has 0 radical (unpaired) electrons. The summed E-state index contributed by atoms with van der Waals surface area (Å²) in [5.74, 6) is 0.923. The van der Waals surface area contributed by atoms with Gasteiger partial charge in [-0.3, -0.25) is 0 Å². The second kappa shape index (κ2) is 4.53. The molecule has 2 nitrogen and oxygen atoms in total. The standard InChI is InChI=1S/C12H12BrNO/c1-15-12-5-4-11(13)8-10(12)9-14-6-2-3-7-14/h2-8H,9H2,1H3. The smallest absolute Gasteiger partial charge is 0.123 e. The molecule has 0 saturated carbocycles. The number of aromatic nitrogens is 1. The second-order valence-electron chi connectivity index (χ2n) is 3.31. The summed E-state index contributed by atoms with van der Waals surface area (Å²) >= 11 is 3.46. The van der Waals surface area contributed by atoms with Crippen molar-refractivity contribution in [3.8, 4) is 5.75 Å². The highest BCUT2D eigenvalue weighted by Gasteiger charge is 2.03. The zero-order valence-electron chi connectivity index (χ0n) is 8.48. The summed E-state index contributed by atoms with van der Waals surface area (Å²) in [6.07, 6.45) is 4.08. The fraction of sp³-hybridized carbons (Fsp3) is 0.167. The van der Waals surface area contributed by atoms with E-state index in [2.05, 4.69) is 26.6 Å². The van der Waals surface area contributed by atoms with E-state index in [1.807, 2.05) is 36.7 Å². The molecule has 0 amide bonds. The highest BCUT2D eigenvalue weighted by atomic mass is 79.9. The normalized spacial score (nSPS) is 10.3. The quantitative estimate of drug-likeness (QED) is 0.831. The molecule has 0 N–H and O–H groups in total. The van der Waals surface area contributed by atoms with Crippen molar-refractivity contribution in [1.82, 2.24) is 4.57 Å². The van der Waals surface area contributed by atoms with E-state index in [4.69, 9.17) is 4.74 Å². The SMILES string of the molecule is COc1ccc(Br)cc1Cn1cccc1. The van der Waals surface area contributed by atoms with Crippen molar-refractivity contribution >= 4 is 15.9 Å². The first-order valence-corrected chi connectivity index (χ1v) is 5.52. The minimum Gasteiger partial charge on any atom is -0.496 e. The fourth-order valence-electron chi connectivity index (χ4n) is 1.54. The first kappa shape index (κ1) is 10.3. The Labute approximate surface area is 97.6 Å². The number of hydrogen-bond acceptors (Lipinski definition) is 1. The van der Waals surface area contributed by atoms with Crippen LogP contribution in [0.15, 0.2) is 47.2 Å². The number of benzene rings is 1. The van der Waals surface area contributed by atoms with Gasteiger partial charge in [0.2, 0.25) is 0 Å². The van der Waals surface area contributed by atoms with Gasteiger partial charge < -0.3 is 9.30 Å². The molecule has 0 saturated heterocycles. The minimum atomic E-state index is 0.829. The van der Waals surface area contributed by atoms with Gasteiger partial charge >= 0.3 is 0 Å². The van der Waals surface area contributed by atoms with E-state index in [1.165, 1.54) is 5.56 Å². The van der Waals surface area contributed by atoms with E-state index in [0.717, 1.165) is 16.8 Å². The van der Waals surface area contributed by atoms with Crippen LogP contribution in [0.2, 0.25) is 0 Å². The molecule has 2 rings (SSSR count). The topological polar surface area (TPSA) is 14.2 Å². The Bertz CT molecular complexity index is 437. The van der Waals surface area contributed by atoms with Crippen molar-refractivity contribution in [1.29, 1.82) is 0 Å². The van der Waals surface area contributed by atoms with Crippen LogP contribution >= 0.6 is 15.9 Å². The van der Waals surface area contributed by atoms with E-state index in [9.17, 15) is 0 Å². The van der Waals surface area contributed by atoms with Crippen LogP contribution in [0.4, 0.5) is 0 Å². The van der Waals surface area contributed by atoms with Crippen LogP contribution in [-0.4, -0.2) is 11.7 Å². The molecule has 1 heterocycles. The molecule has 0 fully saturated rings. The van der Waals surface area contributed by atoms with E-state index < -0.39 is 0 Å². The molecule has 15 heavy (non-hydrogen) atoms. The number of ether oxygens (including phenoxy) is 1. The lowest BCUT2D eigenvalue weighted by Gasteiger charge is -2.09. The maximum atomic E-state index is 5.31. The summed E-state index contributed by atoms with van der Waals surface area (Å²) in [4.78, 5) is 0. The zero-order chi connectivity index (χ0) is 10.7. The molecule has 1 aromatic carbocycles. The van der Waals surface area contributed by atoms with Gasteiger partial charge in [0, 0.05) is 22.4 Å². The molecule has 3 heteroatoms. The summed E-state index contributed by atoms with van der Waals surface area (Å²) in [5.41, 5.74) is 1.17. The Kier molecular flexibility index (Phi) is 3.11. The number of hydrogen-bond donors (Lipinski definition) is 0. The molecule has 0 unspecified atom stereocenters. The van der Waals surface area contributed by atoms with Crippen LogP contribution in [0.5, 0.6) is 5.75 Å². The molecule has 1 aromatic heterocycles. The van der Waals surface area contributed by atoms with Crippen LogP contribution in [-0.2, 0) is 6.54 Å². The molecule has 0 atom stereocenters. The fourth-order valence-corrected chi connectivity index (χ4v) is 1.95. The molecular weight excluding hydrogens is 254 g/mol. The van der Waals surface area contributed by atoms with Gasteiger partial charge in [0.05, 0.1) is 13.7 Å². The maximum absolute atomic E-state index is 5.31. The highest BCUT2D eigenvalue weighted by molar-refractivity contribution is 9.10. The largest absolute Gasteiger partial charge is 0.496 e. The second-order valence-corrected chi connectivity index (χ2v) is 4.23. The van der Waals surface area contributed by atoms with Crippen LogP contribution in [0.25, 0.3) is 0 Å². The minimum absolute atomic E-state index is 0.829. The first-order valence-electron chi connectivity index (χ1n) is 4.73. The van der Waals surface area contributed by atoms with Crippen molar-refractivity contribution in [2.75, 3.05) is 7.11 Å². The molecule has 0 aliphatic rings. The lowest BCUT2D eigenvalue weighted by Crippen LogP contribution is -1.99. The van der Waals surface area contributed by atoms with Crippen LogP contribution in [0, 0.1) is 0 Å². The predicted molar refractivity (Wildman–Crippen MR) is 64.2 cm³/mol. The van der Waals surface area contributed by atoms with Crippen molar-refractivity contribution in [3.05, 3.63) is 52.8 Å². The summed E-state index contributed by atoms with van der Waals surface area (Å²) in [6, 6.07) is 10.1. The molecule has 0 aliphatic carbocycles. The Hall–Kier alpha value is -1.22. The number of nitrogens with zero attached hydrogens (tertiary/aromatic N) is 1. The van der Waals surface area contributed by atoms with Gasteiger partial charge in [-0.05, 0) is 30.3 Å².